The summed E-state index contributed by atoms with van der Waals surface area (Å²) in [6.45, 7) is 2.71. The van der Waals surface area contributed by atoms with Gasteiger partial charge in [-0.15, -0.1) is 0 Å². The van der Waals surface area contributed by atoms with Crippen LogP contribution >= 0.6 is 28.1 Å². The summed E-state index contributed by atoms with van der Waals surface area (Å²) in [6.07, 6.45) is 0.331. The minimum Gasteiger partial charge on any atom is -0.466 e. The van der Waals surface area contributed by atoms with Crippen LogP contribution in [0.2, 0.25) is 0 Å². The number of nitrogens with one attached hydrogen (secondary N) is 1. The van der Waals surface area contributed by atoms with E-state index in [1.807, 2.05) is 18.2 Å². The number of halogens is 1. The number of hydrogen-bond acceptors (Lipinski definition) is 4. The molecule has 18 heavy (non-hydrogen) atoms. The number of nitrogens with two attached hydrogens (primary N) is 1. The lowest BCUT2D eigenvalue weighted by Crippen LogP contribution is -2.12. The van der Waals surface area contributed by atoms with Gasteiger partial charge in [-0.25, -0.2) is 0 Å². The number of esters is 1. The molecule has 6 heteroatoms. The molecular weight excluding hydrogens is 316 g/mol. The van der Waals surface area contributed by atoms with Crippen molar-refractivity contribution in [3.8, 4) is 0 Å². The van der Waals surface area contributed by atoms with Crippen LogP contribution in [0.3, 0.4) is 0 Å². The number of carbonyl (C=O) groups excluding carboxylic acids is 1. The number of carbonyl (C=O) groups is 1. The van der Waals surface area contributed by atoms with Gasteiger partial charge in [0.15, 0.2) is 0 Å². The fraction of sp³-hybridized carbons (Fsp3) is 0.333. The lowest BCUT2D eigenvalue weighted by molar-refractivity contribution is -0.142. The second-order valence-corrected chi connectivity index (χ2v) is 4.83. The Bertz CT molecular complexity index is 452. The van der Waals surface area contributed by atoms with Crippen LogP contribution in [-0.4, -0.2) is 24.1 Å². The van der Waals surface area contributed by atoms with Gasteiger partial charge in [0.05, 0.1) is 13.0 Å². The Labute approximate surface area is 120 Å². The monoisotopic (exact) mass is 330 g/mol. The molecule has 0 aliphatic heterocycles. The highest BCUT2D eigenvalue weighted by Crippen LogP contribution is 2.23. The molecule has 98 valence electrons. The van der Waals surface area contributed by atoms with E-state index in [1.165, 1.54) is 0 Å². The zero-order valence-corrected chi connectivity index (χ0v) is 12.4. The first-order chi connectivity index (χ1) is 8.54. The lowest BCUT2D eigenvalue weighted by atomic mass is 10.2. The zero-order valence-electron chi connectivity index (χ0n) is 10.0. The van der Waals surface area contributed by atoms with Gasteiger partial charge in [-0.3, -0.25) is 4.79 Å². The van der Waals surface area contributed by atoms with Gasteiger partial charge in [0.1, 0.15) is 4.99 Å². The van der Waals surface area contributed by atoms with Crippen LogP contribution in [0, 0.1) is 0 Å². The second kappa shape index (κ2) is 7.33. The third-order valence-corrected chi connectivity index (χ3v) is 3.10. The molecule has 0 unspecified atom stereocenters. The molecule has 0 fully saturated rings. The SMILES string of the molecule is CCOC(=O)CCNc1ccc(C(N)=S)cc1Br. The van der Waals surface area contributed by atoms with Crippen molar-refractivity contribution in [2.45, 2.75) is 13.3 Å². The Kier molecular flexibility index (Phi) is 6.07. The fourth-order valence-electron chi connectivity index (χ4n) is 1.34. The van der Waals surface area contributed by atoms with Crippen LogP contribution < -0.4 is 11.1 Å². The van der Waals surface area contributed by atoms with Crippen molar-refractivity contribution >= 4 is 44.8 Å². The van der Waals surface area contributed by atoms with Crippen LogP contribution in [-0.2, 0) is 9.53 Å². The normalized spacial score (nSPS) is 9.89. The van der Waals surface area contributed by atoms with Gasteiger partial charge in [0, 0.05) is 22.3 Å². The predicted molar refractivity (Wildman–Crippen MR) is 79.8 cm³/mol. The number of thiocarbonyl (C=S) groups is 1. The summed E-state index contributed by atoms with van der Waals surface area (Å²) in [5.74, 6) is -0.208. The summed E-state index contributed by atoms with van der Waals surface area (Å²) in [4.78, 5) is 11.5. The molecule has 3 N–H and O–H groups in total. The first kappa shape index (κ1) is 14.9. The van der Waals surface area contributed by atoms with Crippen molar-refractivity contribution < 1.29 is 9.53 Å². The number of rotatable bonds is 6. The third-order valence-electron chi connectivity index (χ3n) is 2.20. The highest BCUT2D eigenvalue weighted by molar-refractivity contribution is 9.10. The largest absolute Gasteiger partial charge is 0.466 e. The Morgan fingerprint density at radius 3 is 2.83 bits per heavy atom. The Morgan fingerprint density at radius 2 is 2.28 bits per heavy atom. The van der Waals surface area contributed by atoms with Gasteiger partial charge < -0.3 is 15.8 Å². The van der Waals surface area contributed by atoms with Crippen molar-refractivity contribution in [3.05, 3.63) is 28.2 Å². The molecule has 0 radical (unpaired) electrons. The number of hydrogen-bond donors (Lipinski definition) is 2. The molecule has 0 heterocycles. The van der Waals surface area contributed by atoms with Crippen LogP contribution in [0.5, 0.6) is 0 Å². The molecule has 0 saturated carbocycles. The van der Waals surface area contributed by atoms with Crippen molar-refractivity contribution in [1.29, 1.82) is 0 Å². The minimum atomic E-state index is -0.208. The molecule has 0 saturated heterocycles. The summed E-state index contributed by atoms with van der Waals surface area (Å²) < 4.78 is 5.69. The summed E-state index contributed by atoms with van der Waals surface area (Å²) in [5.41, 5.74) is 7.22. The lowest BCUT2D eigenvalue weighted by Gasteiger charge is -2.09. The van der Waals surface area contributed by atoms with Crippen LogP contribution in [0.15, 0.2) is 22.7 Å². The Hall–Kier alpha value is -1.14. The summed E-state index contributed by atoms with van der Waals surface area (Å²) in [5, 5.41) is 3.14. The van der Waals surface area contributed by atoms with E-state index in [2.05, 4.69) is 21.2 Å². The molecule has 0 aliphatic carbocycles. The van der Waals surface area contributed by atoms with Crippen molar-refractivity contribution in [3.63, 3.8) is 0 Å². The van der Waals surface area contributed by atoms with Crippen LogP contribution in [0.1, 0.15) is 18.9 Å². The summed E-state index contributed by atoms with van der Waals surface area (Å²) in [7, 11) is 0. The average molecular weight is 331 g/mol. The van der Waals surface area contributed by atoms with Gasteiger partial charge in [-0.05, 0) is 41.1 Å². The van der Waals surface area contributed by atoms with Crippen LogP contribution in [0.4, 0.5) is 5.69 Å². The molecule has 0 aliphatic rings. The number of benzene rings is 1. The second-order valence-electron chi connectivity index (χ2n) is 3.54. The van der Waals surface area contributed by atoms with Gasteiger partial charge in [0.25, 0.3) is 0 Å². The molecule has 0 bridgehead atoms. The molecule has 4 nitrogen and oxygen atoms in total. The molecule has 0 aromatic heterocycles. The molecular formula is C12H15BrN2O2S. The highest BCUT2D eigenvalue weighted by atomic mass is 79.9. The molecule has 1 aromatic carbocycles. The molecule has 1 rings (SSSR count). The topological polar surface area (TPSA) is 64.3 Å². The minimum absolute atomic E-state index is 0.208. The van der Waals surface area contributed by atoms with E-state index in [9.17, 15) is 4.79 Å². The molecule has 0 atom stereocenters. The van der Waals surface area contributed by atoms with Gasteiger partial charge >= 0.3 is 5.97 Å². The number of ether oxygens (including phenoxy) is 1. The van der Waals surface area contributed by atoms with Gasteiger partial charge in [-0.2, -0.15) is 0 Å². The smallest absolute Gasteiger partial charge is 0.307 e. The van der Waals surface area contributed by atoms with E-state index >= 15 is 0 Å². The fourth-order valence-corrected chi connectivity index (χ4v) is 1.99. The van der Waals surface area contributed by atoms with Gasteiger partial charge in [-0.1, -0.05) is 12.2 Å². The Balaban J connectivity index is 2.53. The predicted octanol–water partition coefficient (Wildman–Crippen LogP) is 2.45. The quantitative estimate of drug-likeness (QED) is 0.619. The maximum atomic E-state index is 11.2. The molecule has 0 spiro atoms. The van der Waals surface area contributed by atoms with E-state index < -0.39 is 0 Å². The number of anilines is 1. The van der Waals surface area contributed by atoms with E-state index in [1.54, 1.807) is 6.92 Å². The molecule has 0 amide bonds. The Morgan fingerprint density at radius 1 is 1.56 bits per heavy atom. The third kappa shape index (κ3) is 4.62. The maximum Gasteiger partial charge on any atom is 0.307 e. The molecule has 1 aromatic rings. The van der Waals surface area contributed by atoms with Crippen molar-refractivity contribution in [2.75, 3.05) is 18.5 Å². The van der Waals surface area contributed by atoms with Crippen LogP contribution in [0.25, 0.3) is 0 Å². The van der Waals surface area contributed by atoms with E-state index in [0.717, 1.165) is 15.7 Å². The zero-order chi connectivity index (χ0) is 13.5. The van der Waals surface area contributed by atoms with E-state index in [4.69, 9.17) is 22.7 Å². The highest BCUT2D eigenvalue weighted by Gasteiger charge is 2.05. The first-order valence-electron chi connectivity index (χ1n) is 5.53. The summed E-state index contributed by atoms with van der Waals surface area (Å²) in [6, 6.07) is 5.54. The maximum absolute atomic E-state index is 11.2. The average Bonchev–Trinajstić information content (AvgIpc) is 2.31. The first-order valence-corrected chi connectivity index (χ1v) is 6.73. The van der Waals surface area contributed by atoms with E-state index in [0.29, 0.717) is 24.6 Å². The van der Waals surface area contributed by atoms with Crippen molar-refractivity contribution in [1.82, 2.24) is 0 Å². The van der Waals surface area contributed by atoms with Crippen molar-refractivity contribution in [2.24, 2.45) is 5.73 Å². The van der Waals surface area contributed by atoms with Gasteiger partial charge in [0.2, 0.25) is 0 Å². The van der Waals surface area contributed by atoms with E-state index in [-0.39, 0.29) is 5.97 Å². The summed E-state index contributed by atoms with van der Waals surface area (Å²) >= 11 is 8.31. The standard InChI is InChI=1S/C12H15BrN2O2S/c1-2-17-11(16)5-6-15-10-4-3-8(12(14)18)7-9(10)13/h3-4,7,15H,2,5-6H2,1H3,(H2,14,18).